The van der Waals surface area contributed by atoms with Crippen LogP contribution in [-0.2, 0) is 14.3 Å². The van der Waals surface area contributed by atoms with E-state index in [4.69, 9.17) is 20.6 Å². The third-order valence-corrected chi connectivity index (χ3v) is 6.41. The van der Waals surface area contributed by atoms with Crippen molar-refractivity contribution in [3.63, 3.8) is 0 Å². The third-order valence-electron chi connectivity index (χ3n) is 5.61. The Morgan fingerprint density at radius 3 is 2.27 bits per heavy atom. The minimum absolute atomic E-state index is 0.0619. The Bertz CT molecular complexity index is 969. The van der Waals surface area contributed by atoms with E-state index in [9.17, 15) is 9.59 Å². The molecule has 0 N–H and O–H groups in total. The summed E-state index contributed by atoms with van der Waals surface area (Å²) in [4.78, 5) is 25.9. The van der Waals surface area contributed by atoms with Gasteiger partial charge in [0.15, 0.2) is 23.1 Å². The second kappa shape index (κ2) is 8.84. The molecule has 30 heavy (non-hydrogen) atoms. The van der Waals surface area contributed by atoms with E-state index in [0.29, 0.717) is 42.1 Å². The summed E-state index contributed by atoms with van der Waals surface area (Å²) >= 11 is 2.19. The summed E-state index contributed by atoms with van der Waals surface area (Å²) in [6, 6.07) is 3.84. The van der Waals surface area contributed by atoms with Gasteiger partial charge in [-0.3, -0.25) is 9.59 Å². The lowest BCUT2D eigenvalue weighted by molar-refractivity contribution is -0.117. The van der Waals surface area contributed by atoms with Crippen molar-refractivity contribution in [3.05, 3.63) is 43.9 Å². The molecule has 0 aromatic heterocycles. The summed E-state index contributed by atoms with van der Waals surface area (Å²) < 4.78 is 18.5. The molecule has 0 unspecified atom stereocenters. The molecule has 156 valence electrons. The molecule has 5 nitrogen and oxygen atoms in total. The van der Waals surface area contributed by atoms with Crippen molar-refractivity contribution in [1.82, 2.24) is 0 Å². The van der Waals surface area contributed by atoms with E-state index in [1.807, 2.05) is 19.1 Å². The van der Waals surface area contributed by atoms with Crippen molar-refractivity contribution in [3.8, 4) is 23.8 Å². The fraction of sp³-hybridized carbons (Fsp3) is 0.417. The van der Waals surface area contributed by atoms with Gasteiger partial charge in [0.25, 0.3) is 0 Å². The molecule has 1 heterocycles. The molecule has 4 rings (SSSR count). The number of hydrogen-bond acceptors (Lipinski definition) is 5. The zero-order valence-electron chi connectivity index (χ0n) is 16.9. The van der Waals surface area contributed by atoms with E-state index in [1.54, 1.807) is 0 Å². The van der Waals surface area contributed by atoms with Crippen molar-refractivity contribution < 1.29 is 23.8 Å². The van der Waals surface area contributed by atoms with E-state index < -0.39 is 5.92 Å². The molecule has 2 aliphatic carbocycles. The van der Waals surface area contributed by atoms with Gasteiger partial charge in [-0.25, -0.2) is 0 Å². The monoisotopic (exact) mass is 518 g/mol. The van der Waals surface area contributed by atoms with E-state index in [2.05, 4.69) is 28.5 Å². The Balaban J connectivity index is 1.88. The lowest BCUT2D eigenvalue weighted by atomic mass is 9.73. The summed E-state index contributed by atoms with van der Waals surface area (Å²) in [5.74, 6) is 4.78. The Hall–Kier alpha value is -2.27. The van der Waals surface area contributed by atoms with Gasteiger partial charge >= 0.3 is 0 Å². The Labute approximate surface area is 190 Å². The zero-order chi connectivity index (χ0) is 21.3. The van der Waals surface area contributed by atoms with E-state index >= 15 is 0 Å². The van der Waals surface area contributed by atoms with Crippen molar-refractivity contribution in [2.45, 2.75) is 51.4 Å². The molecule has 0 fully saturated rings. The predicted molar refractivity (Wildman–Crippen MR) is 120 cm³/mol. The molecule has 0 saturated heterocycles. The molecule has 0 amide bonds. The first-order valence-electron chi connectivity index (χ1n) is 10.3. The molecule has 0 atom stereocenters. The number of terminal acetylenes is 1. The smallest absolute Gasteiger partial charge is 0.175 e. The zero-order valence-corrected chi connectivity index (χ0v) is 19.0. The summed E-state index contributed by atoms with van der Waals surface area (Å²) in [7, 11) is 0. The highest BCUT2D eigenvalue weighted by atomic mass is 127. The molecule has 3 aliphatic rings. The number of hydrogen-bond donors (Lipinski definition) is 0. The van der Waals surface area contributed by atoms with Crippen LogP contribution < -0.4 is 9.47 Å². The highest BCUT2D eigenvalue weighted by molar-refractivity contribution is 14.1. The number of allylic oxidation sites excluding steroid dienone is 4. The van der Waals surface area contributed by atoms with Gasteiger partial charge in [-0.2, -0.15) is 0 Å². The van der Waals surface area contributed by atoms with Crippen molar-refractivity contribution in [2.75, 3.05) is 13.2 Å². The SMILES string of the molecule is C#CCOc1c(I)cc(C2C3=C(CCCC3=O)OC3=C2C(=O)CCC3)cc1OCC. The minimum atomic E-state index is -0.418. The molecule has 0 spiro atoms. The van der Waals surface area contributed by atoms with E-state index in [1.165, 1.54) is 0 Å². The van der Waals surface area contributed by atoms with Gasteiger partial charge in [0.1, 0.15) is 18.1 Å². The number of halogens is 1. The normalized spacial score (nSPS) is 19.1. The summed E-state index contributed by atoms with van der Waals surface area (Å²) in [6.07, 6.45) is 9.32. The molecule has 1 aromatic rings. The predicted octanol–water partition coefficient (Wildman–Crippen LogP) is 4.83. The highest BCUT2D eigenvalue weighted by Gasteiger charge is 2.42. The molecule has 1 aliphatic heterocycles. The van der Waals surface area contributed by atoms with Gasteiger partial charge in [0.05, 0.1) is 10.2 Å². The van der Waals surface area contributed by atoms with Gasteiger partial charge < -0.3 is 14.2 Å². The first kappa shape index (κ1) is 21.0. The van der Waals surface area contributed by atoms with Crippen molar-refractivity contribution in [1.29, 1.82) is 0 Å². The molecule has 0 saturated carbocycles. The van der Waals surface area contributed by atoms with Crippen LogP contribution in [-0.4, -0.2) is 24.8 Å². The van der Waals surface area contributed by atoms with E-state index in [-0.39, 0.29) is 18.2 Å². The van der Waals surface area contributed by atoms with Crippen molar-refractivity contribution in [2.24, 2.45) is 0 Å². The van der Waals surface area contributed by atoms with Crippen LogP contribution in [0.4, 0.5) is 0 Å². The van der Waals surface area contributed by atoms with Crippen molar-refractivity contribution >= 4 is 34.2 Å². The number of Topliss-reactive ketones (excluding diaryl/α,β-unsaturated/α-hetero) is 2. The Morgan fingerprint density at radius 2 is 1.70 bits per heavy atom. The minimum Gasteiger partial charge on any atom is -0.490 e. The molecule has 6 heteroatoms. The average molecular weight is 518 g/mol. The lowest BCUT2D eigenvalue weighted by Gasteiger charge is -2.36. The summed E-state index contributed by atoms with van der Waals surface area (Å²) in [5, 5.41) is 0. The number of rotatable bonds is 5. The first-order chi connectivity index (χ1) is 14.5. The second-order valence-corrected chi connectivity index (χ2v) is 8.68. The molecular weight excluding hydrogens is 495 g/mol. The molecular formula is C24H23IO5. The van der Waals surface area contributed by atoms with Gasteiger partial charge in [-0.15, -0.1) is 6.42 Å². The second-order valence-electron chi connectivity index (χ2n) is 7.52. The van der Waals surface area contributed by atoms with E-state index in [0.717, 1.165) is 46.3 Å². The van der Waals surface area contributed by atoms with Crippen LogP contribution >= 0.6 is 22.6 Å². The number of carbonyl (C=O) groups excluding carboxylic acids is 2. The fourth-order valence-corrected chi connectivity index (χ4v) is 5.20. The topological polar surface area (TPSA) is 61.8 Å². The lowest BCUT2D eigenvalue weighted by Crippen LogP contribution is -2.30. The van der Waals surface area contributed by atoms with Crippen LogP contribution in [0, 0.1) is 15.9 Å². The third kappa shape index (κ3) is 3.76. The number of ether oxygens (including phenoxy) is 3. The van der Waals surface area contributed by atoms with Crippen LogP contribution in [0.3, 0.4) is 0 Å². The number of carbonyl (C=O) groups is 2. The van der Waals surface area contributed by atoms with Crippen LogP contribution in [0.2, 0.25) is 0 Å². The van der Waals surface area contributed by atoms with Gasteiger partial charge in [0.2, 0.25) is 0 Å². The largest absolute Gasteiger partial charge is 0.490 e. The molecule has 0 bridgehead atoms. The number of benzene rings is 1. The Morgan fingerprint density at radius 1 is 1.07 bits per heavy atom. The highest BCUT2D eigenvalue weighted by Crippen LogP contribution is 2.49. The van der Waals surface area contributed by atoms with Gasteiger partial charge in [-0.1, -0.05) is 5.92 Å². The van der Waals surface area contributed by atoms with Gasteiger partial charge in [-0.05, 0) is 60.1 Å². The van der Waals surface area contributed by atoms with Crippen LogP contribution in [0.1, 0.15) is 56.9 Å². The summed E-state index contributed by atoms with van der Waals surface area (Å²) in [5.41, 5.74) is 2.11. The van der Waals surface area contributed by atoms with Crippen LogP contribution in [0.25, 0.3) is 0 Å². The quantitative estimate of drug-likeness (QED) is 0.413. The first-order valence-corrected chi connectivity index (χ1v) is 11.4. The maximum absolute atomic E-state index is 12.9. The van der Waals surface area contributed by atoms with Gasteiger partial charge in [0, 0.05) is 42.7 Å². The average Bonchev–Trinajstić information content (AvgIpc) is 2.72. The molecule has 1 aromatic carbocycles. The standard InChI is InChI=1S/C24H23IO5/c1-3-11-29-24-15(25)12-14(13-20(24)28-4-2)21-22-16(26)7-5-9-18(22)30-19-10-6-8-17(27)23(19)21/h1,12-13,21H,4-11H2,2H3. The molecule has 0 radical (unpaired) electrons. The fourth-order valence-electron chi connectivity index (χ4n) is 4.42. The maximum atomic E-state index is 12.9. The number of ketones is 2. The summed E-state index contributed by atoms with van der Waals surface area (Å²) in [6.45, 7) is 2.49. The Kier molecular flexibility index (Phi) is 6.19. The van der Waals surface area contributed by atoms with Crippen LogP contribution in [0.5, 0.6) is 11.5 Å². The van der Waals surface area contributed by atoms with Crippen LogP contribution in [0.15, 0.2) is 34.8 Å². The maximum Gasteiger partial charge on any atom is 0.175 e.